The summed E-state index contributed by atoms with van der Waals surface area (Å²) in [6, 6.07) is 46.3. The first-order chi connectivity index (χ1) is 19.8. The van der Waals surface area contributed by atoms with E-state index in [0.717, 1.165) is 33.1 Å². The van der Waals surface area contributed by atoms with Crippen LogP contribution in [0.25, 0.3) is 44.2 Å². The highest BCUT2D eigenvalue weighted by atomic mass is 32.2. The molecule has 0 amide bonds. The number of benzene rings is 5. The van der Waals surface area contributed by atoms with E-state index < -0.39 is 0 Å². The number of hydrogen-bond acceptors (Lipinski definition) is 3. The fourth-order valence-corrected chi connectivity index (χ4v) is 8.26. The molecule has 0 saturated heterocycles. The van der Waals surface area contributed by atoms with Crippen molar-refractivity contribution >= 4 is 33.6 Å². The number of nitrogens with zero attached hydrogens (tertiary/aromatic N) is 2. The van der Waals surface area contributed by atoms with Gasteiger partial charge in [-0.15, -0.1) is 0 Å². The van der Waals surface area contributed by atoms with E-state index in [1.807, 2.05) is 24.0 Å². The molecule has 0 saturated carbocycles. The number of fused-ring (bicyclic) bond motifs is 12. The molecule has 0 unspecified atom stereocenters. The molecule has 3 heteroatoms. The second-order valence-electron chi connectivity index (χ2n) is 10.5. The fourth-order valence-electron chi connectivity index (χ4n) is 6.95. The van der Waals surface area contributed by atoms with Crippen LogP contribution in [-0.2, 0) is 5.41 Å². The third kappa shape index (κ3) is 2.80. The van der Waals surface area contributed by atoms with Gasteiger partial charge in [0.25, 0.3) is 0 Å². The highest BCUT2D eigenvalue weighted by molar-refractivity contribution is 7.99. The van der Waals surface area contributed by atoms with Crippen molar-refractivity contribution in [3.05, 3.63) is 156 Å². The quantitative estimate of drug-likeness (QED) is 0.199. The summed E-state index contributed by atoms with van der Waals surface area (Å²) in [4.78, 5) is 12.5. The molecule has 0 fully saturated rings. The van der Waals surface area contributed by atoms with Crippen molar-refractivity contribution in [1.29, 1.82) is 0 Å². The Hall–Kier alpha value is -4.73. The Kier molecular flexibility index (Phi) is 4.50. The van der Waals surface area contributed by atoms with Crippen molar-refractivity contribution in [3.8, 4) is 22.4 Å². The van der Waals surface area contributed by atoms with Gasteiger partial charge in [-0.25, -0.2) is 4.98 Å². The van der Waals surface area contributed by atoms with Crippen molar-refractivity contribution in [1.82, 2.24) is 9.97 Å². The van der Waals surface area contributed by atoms with Gasteiger partial charge in [0.15, 0.2) is 0 Å². The highest BCUT2D eigenvalue weighted by Gasteiger charge is 2.50. The summed E-state index contributed by atoms with van der Waals surface area (Å²) in [6.45, 7) is 0. The first kappa shape index (κ1) is 22.1. The maximum atomic E-state index is 5.27. The average Bonchev–Trinajstić information content (AvgIpc) is 3.32. The number of rotatable bonds is 1. The normalized spacial score (nSPS) is 14.1. The summed E-state index contributed by atoms with van der Waals surface area (Å²) in [5, 5.41) is 2.21. The van der Waals surface area contributed by atoms with Crippen LogP contribution in [0.4, 0.5) is 0 Å². The maximum Gasteiger partial charge on any atom is 0.0972 e. The zero-order valence-corrected chi connectivity index (χ0v) is 22.3. The molecule has 2 nitrogen and oxygen atoms in total. The second-order valence-corrected chi connectivity index (χ2v) is 11.6. The topological polar surface area (TPSA) is 25.8 Å². The minimum atomic E-state index is -0.383. The molecule has 2 aliphatic rings. The van der Waals surface area contributed by atoms with E-state index in [1.54, 1.807) is 0 Å². The van der Waals surface area contributed by atoms with Gasteiger partial charge in [0.05, 0.1) is 22.1 Å². The minimum Gasteiger partial charge on any atom is -0.254 e. The van der Waals surface area contributed by atoms with Crippen molar-refractivity contribution in [2.75, 3.05) is 0 Å². The molecule has 0 bridgehead atoms. The second kappa shape index (κ2) is 8.14. The van der Waals surface area contributed by atoms with Gasteiger partial charge in [-0.3, -0.25) is 4.98 Å². The summed E-state index contributed by atoms with van der Waals surface area (Å²) in [5.41, 5.74) is 11.7. The summed E-state index contributed by atoms with van der Waals surface area (Å²) >= 11 is 1.87. The molecule has 0 radical (unpaired) electrons. The molecule has 2 aromatic heterocycles. The standard InChI is InChI=1S/C37H22N2S/c1-3-13-28-25(10-1)26-11-2-4-14-29(26)37(28)30-15-5-6-17-33(30)40-36-27(12-7-16-31(36)37)32-21-20-24-19-18-23-9-8-22-38-34(23)35(24)39-32/h1-22H. The number of pyridine rings is 2. The lowest BCUT2D eigenvalue weighted by molar-refractivity contribution is 0.723. The Morgan fingerprint density at radius 1 is 0.475 bits per heavy atom. The number of aromatic nitrogens is 2. The van der Waals surface area contributed by atoms with Crippen molar-refractivity contribution in [2.45, 2.75) is 15.2 Å². The highest BCUT2D eigenvalue weighted by Crippen LogP contribution is 2.63. The summed E-state index contributed by atoms with van der Waals surface area (Å²) in [5.74, 6) is 0. The van der Waals surface area contributed by atoms with E-state index in [1.165, 1.54) is 43.2 Å². The molecule has 1 spiro atoms. The largest absolute Gasteiger partial charge is 0.254 e. The molecule has 3 heterocycles. The van der Waals surface area contributed by atoms with E-state index >= 15 is 0 Å². The SMILES string of the molecule is c1ccc2c(c1)Sc1c(-c3ccc4ccc5cccnc5c4n3)cccc1C21c2ccccc2-c2ccccc21. The zero-order valence-electron chi connectivity index (χ0n) is 21.5. The molecule has 0 N–H and O–H groups in total. The van der Waals surface area contributed by atoms with Gasteiger partial charge in [-0.05, 0) is 51.6 Å². The van der Waals surface area contributed by atoms with Crippen LogP contribution in [0.3, 0.4) is 0 Å². The summed E-state index contributed by atoms with van der Waals surface area (Å²) in [7, 11) is 0. The predicted molar refractivity (Wildman–Crippen MR) is 164 cm³/mol. The lowest BCUT2D eigenvalue weighted by Crippen LogP contribution is -2.32. The smallest absolute Gasteiger partial charge is 0.0972 e. The maximum absolute atomic E-state index is 5.27. The molecule has 40 heavy (non-hydrogen) atoms. The average molecular weight is 527 g/mol. The van der Waals surface area contributed by atoms with Crippen molar-refractivity contribution < 1.29 is 0 Å². The first-order valence-corrected chi connectivity index (χ1v) is 14.4. The van der Waals surface area contributed by atoms with Gasteiger partial charge < -0.3 is 0 Å². The molecule has 7 aromatic rings. The molecule has 186 valence electrons. The lowest BCUT2D eigenvalue weighted by Gasteiger charge is -2.40. The van der Waals surface area contributed by atoms with Gasteiger partial charge >= 0.3 is 0 Å². The van der Waals surface area contributed by atoms with E-state index in [9.17, 15) is 0 Å². The van der Waals surface area contributed by atoms with Crippen LogP contribution in [0, 0.1) is 0 Å². The van der Waals surface area contributed by atoms with Gasteiger partial charge in [-0.1, -0.05) is 121 Å². The van der Waals surface area contributed by atoms with Crippen LogP contribution in [-0.4, -0.2) is 9.97 Å². The first-order valence-electron chi connectivity index (χ1n) is 13.6. The molecule has 1 aliphatic carbocycles. The molecule has 0 atom stereocenters. The van der Waals surface area contributed by atoms with Gasteiger partial charge in [-0.2, -0.15) is 0 Å². The van der Waals surface area contributed by atoms with Crippen LogP contribution >= 0.6 is 11.8 Å². The van der Waals surface area contributed by atoms with Crippen molar-refractivity contribution in [2.24, 2.45) is 0 Å². The van der Waals surface area contributed by atoms with E-state index in [0.29, 0.717) is 0 Å². The van der Waals surface area contributed by atoms with Crippen LogP contribution in [0.1, 0.15) is 22.3 Å². The van der Waals surface area contributed by atoms with Crippen LogP contribution in [0.2, 0.25) is 0 Å². The van der Waals surface area contributed by atoms with Crippen LogP contribution in [0.15, 0.2) is 143 Å². The lowest BCUT2D eigenvalue weighted by atomic mass is 9.67. The molecule has 1 aliphatic heterocycles. The van der Waals surface area contributed by atoms with Crippen LogP contribution < -0.4 is 0 Å². The zero-order chi connectivity index (χ0) is 26.3. The molecular formula is C37H22N2S. The fraction of sp³-hybridized carbons (Fsp3) is 0.0270. The Bertz CT molecular complexity index is 2120. The summed E-state index contributed by atoms with van der Waals surface area (Å²) in [6.07, 6.45) is 1.85. The van der Waals surface area contributed by atoms with E-state index in [4.69, 9.17) is 9.97 Å². The Morgan fingerprint density at radius 2 is 1.10 bits per heavy atom. The van der Waals surface area contributed by atoms with Gasteiger partial charge in [0.1, 0.15) is 0 Å². The third-order valence-corrected chi connectivity index (χ3v) is 9.80. The summed E-state index contributed by atoms with van der Waals surface area (Å²) < 4.78 is 0. The predicted octanol–water partition coefficient (Wildman–Crippen LogP) is 9.28. The minimum absolute atomic E-state index is 0.383. The monoisotopic (exact) mass is 526 g/mol. The van der Waals surface area contributed by atoms with E-state index in [2.05, 4.69) is 121 Å². The molecule has 9 rings (SSSR count). The molecule has 5 aromatic carbocycles. The Morgan fingerprint density at radius 3 is 1.90 bits per heavy atom. The molecular weight excluding hydrogens is 504 g/mol. The van der Waals surface area contributed by atoms with Crippen LogP contribution in [0.5, 0.6) is 0 Å². The van der Waals surface area contributed by atoms with E-state index in [-0.39, 0.29) is 5.41 Å². The van der Waals surface area contributed by atoms with Gasteiger partial charge in [0, 0.05) is 32.3 Å². The van der Waals surface area contributed by atoms with Crippen molar-refractivity contribution in [3.63, 3.8) is 0 Å². The Balaban J connectivity index is 1.38. The van der Waals surface area contributed by atoms with Gasteiger partial charge in [0.2, 0.25) is 0 Å². The third-order valence-electron chi connectivity index (χ3n) is 8.58. The number of hydrogen-bond donors (Lipinski definition) is 0. The Labute approximate surface area is 236 Å².